The van der Waals surface area contributed by atoms with E-state index in [9.17, 15) is 0 Å². The van der Waals surface area contributed by atoms with Crippen LogP contribution in [0.2, 0.25) is 0 Å². The van der Waals surface area contributed by atoms with Gasteiger partial charge in [-0.2, -0.15) is 0 Å². The first kappa shape index (κ1) is 12.0. The van der Waals surface area contributed by atoms with Crippen molar-refractivity contribution in [3.05, 3.63) is 33.4 Å². The molecule has 2 heteroatoms. The van der Waals surface area contributed by atoms with Crippen molar-refractivity contribution >= 4 is 22.6 Å². The zero-order valence-electron chi connectivity index (χ0n) is 8.83. The second-order valence-corrected chi connectivity index (χ2v) is 5.35. The maximum atomic E-state index is 6.07. The van der Waals surface area contributed by atoms with E-state index in [-0.39, 0.29) is 0 Å². The van der Waals surface area contributed by atoms with Gasteiger partial charge in [-0.15, -0.1) is 0 Å². The number of benzene rings is 1. The second kappa shape index (κ2) is 5.71. The minimum Gasteiger partial charge on any atom is -0.327 e. The minimum atomic E-state index is 0.297. The number of nitrogens with two attached hydrogens (primary N) is 1. The van der Waals surface area contributed by atoms with Gasteiger partial charge in [0.15, 0.2) is 0 Å². The molecule has 0 saturated carbocycles. The highest BCUT2D eigenvalue weighted by atomic mass is 127. The summed E-state index contributed by atoms with van der Waals surface area (Å²) in [6.07, 6.45) is 2.10. The molecule has 78 valence electrons. The lowest BCUT2D eigenvalue weighted by Gasteiger charge is -2.14. The van der Waals surface area contributed by atoms with Gasteiger partial charge in [-0.25, -0.2) is 0 Å². The zero-order chi connectivity index (χ0) is 10.6. The topological polar surface area (TPSA) is 26.0 Å². The highest BCUT2D eigenvalue weighted by molar-refractivity contribution is 14.1. The maximum absolute atomic E-state index is 6.07. The second-order valence-electron chi connectivity index (χ2n) is 4.19. The van der Waals surface area contributed by atoms with Crippen LogP contribution in [-0.2, 0) is 6.42 Å². The first-order chi connectivity index (χ1) is 6.59. The molecule has 0 spiro atoms. The minimum absolute atomic E-state index is 0.297. The van der Waals surface area contributed by atoms with E-state index in [4.69, 9.17) is 5.73 Å². The van der Waals surface area contributed by atoms with E-state index in [1.54, 1.807) is 0 Å². The molecule has 1 atom stereocenters. The fraction of sp³-hybridized carbons (Fsp3) is 0.500. The van der Waals surface area contributed by atoms with E-state index in [0.717, 1.165) is 12.8 Å². The number of hydrogen-bond donors (Lipinski definition) is 1. The Morgan fingerprint density at radius 1 is 1.29 bits per heavy atom. The summed E-state index contributed by atoms with van der Waals surface area (Å²) in [5.74, 6) is 0.686. The van der Waals surface area contributed by atoms with Crippen molar-refractivity contribution < 1.29 is 0 Å². The largest absolute Gasteiger partial charge is 0.327 e. The summed E-state index contributed by atoms with van der Waals surface area (Å²) in [7, 11) is 0. The Bertz CT molecular complexity index is 283. The summed E-state index contributed by atoms with van der Waals surface area (Å²) in [6.45, 7) is 4.44. The lowest BCUT2D eigenvalue weighted by atomic mass is 9.98. The highest BCUT2D eigenvalue weighted by Crippen LogP contribution is 2.15. The molecule has 0 aliphatic heterocycles. The van der Waals surface area contributed by atoms with Crippen molar-refractivity contribution in [2.24, 2.45) is 11.7 Å². The molecule has 1 aromatic carbocycles. The molecule has 0 aromatic heterocycles. The van der Waals surface area contributed by atoms with Crippen LogP contribution in [0.25, 0.3) is 0 Å². The van der Waals surface area contributed by atoms with E-state index < -0.39 is 0 Å². The summed E-state index contributed by atoms with van der Waals surface area (Å²) in [4.78, 5) is 0. The standard InChI is InChI=1S/C12H18IN/c1-9(2)7-11(14)8-10-5-3-4-6-12(10)13/h3-6,9,11H,7-8,14H2,1-2H3/t11-/m0/s1. The molecule has 0 fully saturated rings. The predicted octanol–water partition coefficient (Wildman–Crippen LogP) is 3.21. The Morgan fingerprint density at radius 2 is 1.93 bits per heavy atom. The van der Waals surface area contributed by atoms with E-state index in [1.807, 2.05) is 0 Å². The van der Waals surface area contributed by atoms with Crippen LogP contribution in [0.4, 0.5) is 0 Å². The Kier molecular flexibility index (Phi) is 4.89. The first-order valence-corrected chi connectivity index (χ1v) is 6.16. The monoisotopic (exact) mass is 303 g/mol. The van der Waals surface area contributed by atoms with Gasteiger partial charge in [-0.05, 0) is 53.0 Å². The van der Waals surface area contributed by atoms with Gasteiger partial charge in [0.1, 0.15) is 0 Å². The molecule has 0 aliphatic rings. The van der Waals surface area contributed by atoms with Gasteiger partial charge in [0, 0.05) is 9.61 Å². The van der Waals surface area contributed by atoms with Crippen molar-refractivity contribution in [1.82, 2.24) is 0 Å². The van der Waals surface area contributed by atoms with Crippen LogP contribution in [-0.4, -0.2) is 6.04 Å². The van der Waals surface area contributed by atoms with Crippen LogP contribution < -0.4 is 5.73 Å². The molecule has 0 aliphatic carbocycles. The van der Waals surface area contributed by atoms with Crippen LogP contribution in [0, 0.1) is 9.49 Å². The van der Waals surface area contributed by atoms with Crippen molar-refractivity contribution in [3.63, 3.8) is 0 Å². The highest BCUT2D eigenvalue weighted by Gasteiger charge is 2.08. The van der Waals surface area contributed by atoms with Gasteiger partial charge >= 0.3 is 0 Å². The Labute approximate surface area is 100 Å². The third kappa shape index (κ3) is 3.96. The molecule has 1 nitrogen and oxygen atoms in total. The quantitative estimate of drug-likeness (QED) is 0.849. The molecular weight excluding hydrogens is 285 g/mol. The summed E-state index contributed by atoms with van der Waals surface area (Å²) in [5.41, 5.74) is 7.45. The van der Waals surface area contributed by atoms with Crippen LogP contribution in [0.5, 0.6) is 0 Å². The van der Waals surface area contributed by atoms with Crippen molar-refractivity contribution in [1.29, 1.82) is 0 Å². The molecule has 14 heavy (non-hydrogen) atoms. The third-order valence-corrected chi connectivity index (χ3v) is 3.27. The van der Waals surface area contributed by atoms with Crippen molar-refractivity contribution in [2.45, 2.75) is 32.7 Å². The van der Waals surface area contributed by atoms with Gasteiger partial charge in [0.2, 0.25) is 0 Å². The maximum Gasteiger partial charge on any atom is 0.0162 e. The Morgan fingerprint density at radius 3 is 2.50 bits per heavy atom. The lowest BCUT2D eigenvalue weighted by molar-refractivity contribution is 0.493. The number of halogens is 1. The third-order valence-electron chi connectivity index (χ3n) is 2.21. The normalized spacial score (nSPS) is 13.2. The van der Waals surface area contributed by atoms with Crippen LogP contribution >= 0.6 is 22.6 Å². The van der Waals surface area contributed by atoms with Crippen LogP contribution in [0.15, 0.2) is 24.3 Å². The Hall–Kier alpha value is -0.0900. The molecule has 0 heterocycles. The van der Waals surface area contributed by atoms with E-state index >= 15 is 0 Å². The fourth-order valence-corrected chi connectivity index (χ4v) is 2.24. The smallest absolute Gasteiger partial charge is 0.0162 e. The summed E-state index contributed by atoms with van der Waals surface area (Å²) < 4.78 is 1.32. The molecule has 0 amide bonds. The lowest BCUT2D eigenvalue weighted by Crippen LogP contribution is -2.25. The average Bonchev–Trinajstić information content (AvgIpc) is 2.07. The number of rotatable bonds is 4. The molecule has 0 unspecified atom stereocenters. The predicted molar refractivity (Wildman–Crippen MR) is 70.3 cm³/mol. The van der Waals surface area contributed by atoms with Gasteiger partial charge < -0.3 is 5.73 Å². The van der Waals surface area contributed by atoms with Gasteiger partial charge in [-0.3, -0.25) is 0 Å². The van der Waals surface area contributed by atoms with Crippen molar-refractivity contribution in [3.8, 4) is 0 Å². The summed E-state index contributed by atoms with van der Waals surface area (Å²) in [5, 5.41) is 0. The average molecular weight is 303 g/mol. The Balaban J connectivity index is 2.56. The van der Waals surface area contributed by atoms with Crippen LogP contribution in [0.3, 0.4) is 0 Å². The van der Waals surface area contributed by atoms with Crippen molar-refractivity contribution in [2.75, 3.05) is 0 Å². The fourth-order valence-electron chi connectivity index (χ4n) is 1.64. The molecule has 2 N–H and O–H groups in total. The molecule has 0 saturated heterocycles. The van der Waals surface area contributed by atoms with Gasteiger partial charge in [-0.1, -0.05) is 32.0 Å². The molecular formula is C12H18IN. The van der Waals surface area contributed by atoms with Gasteiger partial charge in [0.05, 0.1) is 0 Å². The molecule has 0 radical (unpaired) electrons. The van der Waals surface area contributed by atoms with Crippen LogP contribution in [0.1, 0.15) is 25.8 Å². The van der Waals surface area contributed by atoms with Gasteiger partial charge in [0.25, 0.3) is 0 Å². The molecule has 0 bridgehead atoms. The van der Waals surface area contributed by atoms with E-state index in [2.05, 4.69) is 60.7 Å². The van der Waals surface area contributed by atoms with E-state index in [0.29, 0.717) is 12.0 Å². The summed E-state index contributed by atoms with van der Waals surface area (Å²) in [6, 6.07) is 8.75. The molecule has 1 rings (SSSR count). The van der Waals surface area contributed by atoms with E-state index in [1.165, 1.54) is 9.13 Å². The number of hydrogen-bond acceptors (Lipinski definition) is 1. The zero-order valence-corrected chi connectivity index (χ0v) is 11.0. The SMILES string of the molecule is CC(C)C[C@H](N)Cc1ccccc1I. The summed E-state index contributed by atoms with van der Waals surface area (Å²) >= 11 is 2.37. The molecule has 1 aromatic rings. The first-order valence-electron chi connectivity index (χ1n) is 5.08.